The van der Waals surface area contributed by atoms with Crippen LogP contribution in [-0.4, -0.2) is 33.8 Å². The zero-order valence-corrected chi connectivity index (χ0v) is 15.8. The van der Waals surface area contributed by atoms with Crippen molar-refractivity contribution in [2.24, 2.45) is 0 Å². The van der Waals surface area contributed by atoms with Gasteiger partial charge >= 0.3 is 0 Å². The van der Waals surface area contributed by atoms with Crippen molar-refractivity contribution in [2.45, 2.75) is 12.8 Å². The second-order valence-electron chi connectivity index (χ2n) is 6.65. The SMILES string of the molecule is COc1ccc2c(CCNc3nnc(Cc4ccc(F)cc4)c(=O)[nH]3)c[nH]c2c1. The summed E-state index contributed by atoms with van der Waals surface area (Å²) in [4.78, 5) is 18.2. The Morgan fingerprint density at radius 3 is 2.72 bits per heavy atom. The average molecular weight is 393 g/mol. The van der Waals surface area contributed by atoms with E-state index >= 15 is 0 Å². The van der Waals surface area contributed by atoms with Gasteiger partial charge in [0.2, 0.25) is 5.95 Å². The van der Waals surface area contributed by atoms with Crippen molar-refractivity contribution in [3.8, 4) is 5.75 Å². The number of hydrogen-bond donors (Lipinski definition) is 3. The van der Waals surface area contributed by atoms with Crippen LogP contribution in [0.1, 0.15) is 16.8 Å². The second kappa shape index (κ2) is 8.14. The molecule has 3 N–H and O–H groups in total. The molecule has 2 aromatic carbocycles. The minimum absolute atomic E-state index is 0.285. The van der Waals surface area contributed by atoms with E-state index in [9.17, 15) is 9.18 Å². The van der Waals surface area contributed by atoms with Gasteiger partial charge in [-0.2, -0.15) is 0 Å². The lowest BCUT2D eigenvalue weighted by Crippen LogP contribution is -2.20. The summed E-state index contributed by atoms with van der Waals surface area (Å²) in [5.41, 5.74) is 2.93. The third-order valence-corrected chi connectivity index (χ3v) is 4.71. The number of fused-ring (bicyclic) bond motifs is 1. The highest BCUT2D eigenvalue weighted by molar-refractivity contribution is 5.84. The first-order valence-electron chi connectivity index (χ1n) is 9.20. The Morgan fingerprint density at radius 1 is 1.14 bits per heavy atom. The number of hydrogen-bond acceptors (Lipinski definition) is 5. The first-order valence-corrected chi connectivity index (χ1v) is 9.20. The van der Waals surface area contributed by atoms with Crippen molar-refractivity contribution in [1.29, 1.82) is 0 Å². The molecule has 2 heterocycles. The molecule has 0 radical (unpaired) electrons. The molecule has 4 rings (SSSR count). The molecule has 0 fully saturated rings. The van der Waals surface area contributed by atoms with Crippen molar-refractivity contribution >= 4 is 16.9 Å². The standard InChI is InChI=1S/C21H20FN5O2/c1-29-16-6-7-17-14(12-24-18(17)11-16)8-9-23-21-25-20(28)19(26-27-21)10-13-2-4-15(22)5-3-13/h2-7,11-12,24H,8-10H2,1H3,(H2,23,25,27,28). The largest absolute Gasteiger partial charge is 0.497 e. The summed E-state index contributed by atoms with van der Waals surface area (Å²) in [6, 6.07) is 11.9. The number of anilines is 1. The highest BCUT2D eigenvalue weighted by atomic mass is 19.1. The third-order valence-electron chi connectivity index (χ3n) is 4.71. The number of aromatic nitrogens is 4. The Bertz CT molecular complexity index is 1180. The normalized spacial score (nSPS) is 11.0. The summed E-state index contributed by atoms with van der Waals surface area (Å²) >= 11 is 0. The number of aromatic amines is 2. The fourth-order valence-corrected chi connectivity index (χ4v) is 3.17. The van der Waals surface area contributed by atoms with E-state index in [-0.39, 0.29) is 17.1 Å². The number of H-pyrrole nitrogens is 2. The first-order chi connectivity index (χ1) is 14.1. The van der Waals surface area contributed by atoms with Crippen LogP contribution in [-0.2, 0) is 12.8 Å². The van der Waals surface area contributed by atoms with Crippen LogP contribution in [0.2, 0.25) is 0 Å². The van der Waals surface area contributed by atoms with Crippen LogP contribution in [0.4, 0.5) is 10.3 Å². The Hall–Kier alpha value is -3.68. The van der Waals surface area contributed by atoms with Gasteiger partial charge in [-0.15, -0.1) is 10.2 Å². The molecule has 0 amide bonds. The number of ether oxygens (including phenoxy) is 1. The first kappa shape index (κ1) is 18.7. The van der Waals surface area contributed by atoms with Crippen LogP contribution in [0, 0.1) is 5.82 Å². The van der Waals surface area contributed by atoms with Gasteiger partial charge < -0.3 is 15.0 Å². The lowest BCUT2D eigenvalue weighted by atomic mass is 10.1. The second-order valence-corrected chi connectivity index (χ2v) is 6.65. The maximum atomic E-state index is 13.0. The summed E-state index contributed by atoms with van der Waals surface area (Å²) in [6.07, 6.45) is 3.00. The lowest BCUT2D eigenvalue weighted by molar-refractivity contribution is 0.415. The predicted octanol–water partition coefficient (Wildman–Crippen LogP) is 3.04. The summed E-state index contributed by atoms with van der Waals surface area (Å²) in [6.45, 7) is 0.584. The third kappa shape index (κ3) is 4.26. The van der Waals surface area contributed by atoms with Gasteiger partial charge in [0, 0.05) is 36.1 Å². The predicted molar refractivity (Wildman–Crippen MR) is 109 cm³/mol. The molecule has 0 aliphatic carbocycles. The minimum Gasteiger partial charge on any atom is -0.497 e. The van der Waals surface area contributed by atoms with E-state index in [1.54, 1.807) is 19.2 Å². The molecule has 0 spiro atoms. The monoisotopic (exact) mass is 393 g/mol. The van der Waals surface area contributed by atoms with E-state index in [0.717, 1.165) is 34.2 Å². The van der Waals surface area contributed by atoms with E-state index in [4.69, 9.17) is 4.74 Å². The molecule has 0 bridgehead atoms. The smallest absolute Gasteiger partial charge is 0.274 e. The molecule has 0 unspecified atom stereocenters. The Morgan fingerprint density at radius 2 is 1.97 bits per heavy atom. The van der Waals surface area contributed by atoms with E-state index < -0.39 is 0 Å². The van der Waals surface area contributed by atoms with Gasteiger partial charge in [-0.3, -0.25) is 9.78 Å². The summed E-state index contributed by atoms with van der Waals surface area (Å²) in [5, 5.41) is 12.3. The molecular weight excluding hydrogens is 373 g/mol. The van der Waals surface area contributed by atoms with Gasteiger partial charge in [-0.05, 0) is 41.8 Å². The molecule has 0 saturated heterocycles. The van der Waals surface area contributed by atoms with Gasteiger partial charge in [0.25, 0.3) is 5.56 Å². The summed E-state index contributed by atoms with van der Waals surface area (Å²) < 4.78 is 18.2. The summed E-state index contributed by atoms with van der Waals surface area (Å²) in [5.74, 6) is 0.805. The summed E-state index contributed by atoms with van der Waals surface area (Å²) in [7, 11) is 1.64. The van der Waals surface area contributed by atoms with Gasteiger partial charge in [-0.25, -0.2) is 4.39 Å². The molecule has 0 aliphatic rings. The molecule has 2 aromatic heterocycles. The number of halogens is 1. The quantitative estimate of drug-likeness (QED) is 0.449. The highest BCUT2D eigenvalue weighted by Gasteiger charge is 2.08. The van der Waals surface area contributed by atoms with Crippen molar-refractivity contribution in [3.05, 3.63) is 81.7 Å². The van der Waals surface area contributed by atoms with Crippen molar-refractivity contribution in [3.63, 3.8) is 0 Å². The number of benzene rings is 2. The van der Waals surface area contributed by atoms with Crippen LogP contribution in [0.25, 0.3) is 10.9 Å². The zero-order chi connectivity index (χ0) is 20.2. The van der Waals surface area contributed by atoms with E-state index in [0.29, 0.717) is 18.9 Å². The van der Waals surface area contributed by atoms with Gasteiger partial charge in [-0.1, -0.05) is 12.1 Å². The van der Waals surface area contributed by atoms with Crippen molar-refractivity contribution < 1.29 is 9.13 Å². The number of nitrogens with zero attached hydrogens (tertiary/aromatic N) is 2. The molecule has 0 aliphatic heterocycles. The molecule has 8 heteroatoms. The topological polar surface area (TPSA) is 95.7 Å². The maximum Gasteiger partial charge on any atom is 0.274 e. The van der Waals surface area contributed by atoms with Crippen molar-refractivity contribution in [2.75, 3.05) is 19.0 Å². The Balaban J connectivity index is 1.38. The number of methoxy groups -OCH3 is 1. The van der Waals surface area contributed by atoms with Crippen LogP contribution >= 0.6 is 0 Å². The van der Waals surface area contributed by atoms with Gasteiger partial charge in [0.15, 0.2) is 0 Å². The Kier molecular flexibility index (Phi) is 5.24. The van der Waals surface area contributed by atoms with E-state index in [1.807, 2.05) is 24.4 Å². The Labute approximate surface area is 166 Å². The molecule has 0 atom stereocenters. The van der Waals surface area contributed by atoms with Crippen LogP contribution in [0.3, 0.4) is 0 Å². The van der Waals surface area contributed by atoms with Crippen LogP contribution in [0.15, 0.2) is 53.5 Å². The molecule has 4 aromatic rings. The molecule has 0 saturated carbocycles. The lowest BCUT2D eigenvalue weighted by Gasteiger charge is -2.06. The molecule has 29 heavy (non-hydrogen) atoms. The van der Waals surface area contributed by atoms with E-state index in [1.165, 1.54) is 12.1 Å². The maximum absolute atomic E-state index is 13.0. The van der Waals surface area contributed by atoms with E-state index in [2.05, 4.69) is 25.5 Å². The molecule has 148 valence electrons. The average Bonchev–Trinajstić information content (AvgIpc) is 3.13. The number of nitrogens with one attached hydrogen (secondary N) is 3. The van der Waals surface area contributed by atoms with Gasteiger partial charge in [0.1, 0.15) is 17.3 Å². The zero-order valence-electron chi connectivity index (χ0n) is 15.8. The minimum atomic E-state index is -0.317. The van der Waals surface area contributed by atoms with Gasteiger partial charge in [0.05, 0.1) is 7.11 Å². The number of rotatable bonds is 7. The fraction of sp³-hybridized carbons (Fsp3) is 0.190. The highest BCUT2D eigenvalue weighted by Crippen LogP contribution is 2.23. The van der Waals surface area contributed by atoms with Crippen molar-refractivity contribution in [1.82, 2.24) is 20.2 Å². The fourth-order valence-electron chi connectivity index (χ4n) is 3.17. The molecule has 7 nitrogen and oxygen atoms in total. The van der Waals surface area contributed by atoms with Crippen LogP contribution in [0.5, 0.6) is 5.75 Å². The molecular formula is C21H20FN5O2. The van der Waals surface area contributed by atoms with Crippen LogP contribution < -0.4 is 15.6 Å².